The Morgan fingerprint density at radius 3 is 2.70 bits per heavy atom. The molecule has 2 aromatic heterocycles. The van der Waals surface area contributed by atoms with Crippen molar-refractivity contribution in [2.75, 3.05) is 0 Å². The lowest BCUT2D eigenvalue weighted by molar-refractivity contribution is 0.308. The van der Waals surface area contributed by atoms with Gasteiger partial charge in [0.15, 0.2) is 0 Å². The van der Waals surface area contributed by atoms with Crippen LogP contribution in [0.4, 0.5) is 0 Å². The lowest BCUT2D eigenvalue weighted by Crippen LogP contribution is -2.06. The minimum atomic E-state index is 0.413. The van der Waals surface area contributed by atoms with Crippen LogP contribution in [0.15, 0.2) is 54.9 Å². The molecule has 2 N–H and O–H groups in total. The topological polar surface area (TPSA) is 61.0 Å². The highest BCUT2D eigenvalue weighted by molar-refractivity contribution is 5.84. The first-order chi connectivity index (χ1) is 9.88. The Bertz CT molecular complexity index is 722. The van der Waals surface area contributed by atoms with E-state index in [0.717, 1.165) is 27.9 Å². The van der Waals surface area contributed by atoms with E-state index in [9.17, 15) is 0 Å². The third-order valence-electron chi connectivity index (χ3n) is 3.17. The number of nitrogens with zero attached hydrogens (tertiary/aromatic N) is 2. The van der Waals surface area contributed by atoms with Crippen LogP contribution in [0.25, 0.3) is 10.9 Å². The molecule has 0 saturated heterocycles. The number of nitrogens with two attached hydrogens (primary N) is 1. The number of hydrogen-bond acceptors (Lipinski definition) is 4. The van der Waals surface area contributed by atoms with E-state index in [0.29, 0.717) is 13.2 Å². The Labute approximate surface area is 117 Å². The molecule has 4 nitrogen and oxygen atoms in total. The fourth-order valence-corrected chi connectivity index (χ4v) is 2.14. The van der Waals surface area contributed by atoms with E-state index in [1.54, 1.807) is 12.4 Å². The molecule has 2 heterocycles. The quantitative estimate of drug-likeness (QED) is 0.787. The number of ether oxygens (including phenoxy) is 1. The van der Waals surface area contributed by atoms with E-state index in [-0.39, 0.29) is 0 Å². The number of aromatic nitrogens is 2. The van der Waals surface area contributed by atoms with Crippen LogP contribution in [-0.4, -0.2) is 9.97 Å². The monoisotopic (exact) mass is 265 g/mol. The number of hydrogen-bond donors (Lipinski definition) is 1. The highest BCUT2D eigenvalue weighted by atomic mass is 16.5. The van der Waals surface area contributed by atoms with Crippen LogP contribution in [0.2, 0.25) is 0 Å². The van der Waals surface area contributed by atoms with Gasteiger partial charge in [0.1, 0.15) is 12.4 Å². The predicted molar refractivity (Wildman–Crippen MR) is 78.2 cm³/mol. The van der Waals surface area contributed by atoms with Gasteiger partial charge in [-0.25, -0.2) is 0 Å². The van der Waals surface area contributed by atoms with E-state index in [1.165, 1.54) is 0 Å². The number of rotatable bonds is 4. The normalized spacial score (nSPS) is 10.7. The van der Waals surface area contributed by atoms with Gasteiger partial charge in [0.25, 0.3) is 0 Å². The molecule has 0 atom stereocenters. The van der Waals surface area contributed by atoms with E-state index in [2.05, 4.69) is 9.97 Å². The number of benzene rings is 1. The third-order valence-corrected chi connectivity index (χ3v) is 3.17. The molecule has 20 heavy (non-hydrogen) atoms. The molecule has 0 amide bonds. The van der Waals surface area contributed by atoms with Crippen molar-refractivity contribution in [3.8, 4) is 5.75 Å². The summed E-state index contributed by atoms with van der Waals surface area (Å²) in [6.45, 7) is 0.866. The standard InChI is InChI=1S/C16H15N3O/c17-10-15-12(4-2-8-19-15)11-20-16-7-1-6-14-13(16)5-3-9-18-14/h1-9H,10-11,17H2. The SMILES string of the molecule is NCc1ncccc1COc1cccc2ncccc12. The maximum Gasteiger partial charge on any atom is 0.129 e. The van der Waals surface area contributed by atoms with Crippen molar-refractivity contribution < 1.29 is 4.74 Å². The Balaban J connectivity index is 1.87. The van der Waals surface area contributed by atoms with Crippen LogP contribution in [0.1, 0.15) is 11.3 Å². The van der Waals surface area contributed by atoms with E-state index >= 15 is 0 Å². The first-order valence-corrected chi connectivity index (χ1v) is 6.48. The van der Waals surface area contributed by atoms with Gasteiger partial charge in [-0.2, -0.15) is 0 Å². The van der Waals surface area contributed by atoms with Crippen LogP contribution in [0, 0.1) is 0 Å². The average Bonchev–Trinajstić information content (AvgIpc) is 2.53. The van der Waals surface area contributed by atoms with Crippen molar-refractivity contribution >= 4 is 10.9 Å². The van der Waals surface area contributed by atoms with Gasteiger partial charge < -0.3 is 10.5 Å². The lowest BCUT2D eigenvalue weighted by Gasteiger charge is -2.10. The van der Waals surface area contributed by atoms with Crippen molar-refractivity contribution in [1.29, 1.82) is 0 Å². The smallest absolute Gasteiger partial charge is 0.129 e. The Kier molecular flexibility index (Phi) is 3.56. The van der Waals surface area contributed by atoms with Crippen molar-refractivity contribution in [1.82, 2.24) is 9.97 Å². The van der Waals surface area contributed by atoms with E-state index in [1.807, 2.05) is 42.5 Å². The second kappa shape index (κ2) is 5.67. The van der Waals surface area contributed by atoms with Gasteiger partial charge in [-0.15, -0.1) is 0 Å². The summed E-state index contributed by atoms with van der Waals surface area (Å²) in [7, 11) is 0. The van der Waals surface area contributed by atoms with Crippen LogP contribution in [-0.2, 0) is 13.2 Å². The largest absolute Gasteiger partial charge is 0.488 e. The summed E-state index contributed by atoms with van der Waals surface area (Å²) in [4.78, 5) is 8.57. The second-order valence-electron chi connectivity index (χ2n) is 4.43. The van der Waals surface area contributed by atoms with Crippen LogP contribution < -0.4 is 10.5 Å². The summed E-state index contributed by atoms with van der Waals surface area (Å²) < 4.78 is 5.91. The van der Waals surface area contributed by atoms with Crippen LogP contribution in [0.5, 0.6) is 5.75 Å². The molecule has 3 rings (SSSR count). The van der Waals surface area contributed by atoms with E-state index in [4.69, 9.17) is 10.5 Å². The molecule has 100 valence electrons. The molecule has 0 radical (unpaired) electrons. The zero-order valence-corrected chi connectivity index (χ0v) is 11.0. The van der Waals surface area contributed by atoms with Gasteiger partial charge in [-0.1, -0.05) is 12.1 Å². The zero-order valence-electron chi connectivity index (χ0n) is 11.0. The highest BCUT2D eigenvalue weighted by Crippen LogP contribution is 2.24. The summed E-state index contributed by atoms with van der Waals surface area (Å²) in [5, 5.41) is 1.01. The molecule has 0 aliphatic carbocycles. The Morgan fingerprint density at radius 2 is 1.80 bits per heavy atom. The molecule has 1 aromatic carbocycles. The fraction of sp³-hybridized carbons (Fsp3) is 0.125. The minimum absolute atomic E-state index is 0.413. The molecule has 3 aromatic rings. The number of pyridine rings is 2. The summed E-state index contributed by atoms with van der Waals surface area (Å²) >= 11 is 0. The van der Waals surface area contributed by atoms with Crippen LogP contribution in [0.3, 0.4) is 0 Å². The maximum atomic E-state index is 5.91. The van der Waals surface area contributed by atoms with Crippen LogP contribution >= 0.6 is 0 Å². The van der Waals surface area contributed by atoms with Crippen molar-refractivity contribution in [3.05, 3.63) is 66.1 Å². The number of fused-ring (bicyclic) bond motifs is 1. The van der Waals surface area contributed by atoms with Crippen molar-refractivity contribution in [2.24, 2.45) is 5.73 Å². The summed E-state index contributed by atoms with van der Waals surface area (Å²) in [6, 6.07) is 13.6. The third kappa shape index (κ3) is 2.46. The highest BCUT2D eigenvalue weighted by Gasteiger charge is 2.05. The molecular weight excluding hydrogens is 250 g/mol. The Morgan fingerprint density at radius 1 is 0.950 bits per heavy atom. The van der Waals surface area contributed by atoms with Gasteiger partial charge in [-0.3, -0.25) is 9.97 Å². The average molecular weight is 265 g/mol. The van der Waals surface area contributed by atoms with Crippen molar-refractivity contribution in [2.45, 2.75) is 13.2 Å². The predicted octanol–water partition coefficient (Wildman–Crippen LogP) is 2.67. The molecule has 0 unspecified atom stereocenters. The fourth-order valence-electron chi connectivity index (χ4n) is 2.14. The van der Waals surface area contributed by atoms with Gasteiger partial charge in [0.05, 0.1) is 11.2 Å². The first kappa shape index (κ1) is 12.6. The molecule has 0 aliphatic rings. The molecule has 0 fully saturated rings. The maximum absolute atomic E-state index is 5.91. The van der Waals surface area contributed by atoms with Gasteiger partial charge in [0.2, 0.25) is 0 Å². The van der Waals surface area contributed by atoms with E-state index < -0.39 is 0 Å². The Hall–Kier alpha value is -2.46. The van der Waals surface area contributed by atoms with Crippen molar-refractivity contribution in [3.63, 3.8) is 0 Å². The summed E-state index contributed by atoms with van der Waals surface area (Å²) in [5.41, 5.74) is 8.48. The molecule has 4 heteroatoms. The molecule has 0 aliphatic heterocycles. The molecule has 0 spiro atoms. The second-order valence-corrected chi connectivity index (χ2v) is 4.43. The lowest BCUT2D eigenvalue weighted by atomic mass is 10.2. The van der Waals surface area contributed by atoms with Gasteiger partial charge >= 0.3 is 0 Å². The first-order valence-electron chi connectivity index (χ1n) is 6.48. The van der Waals surface area contributed by atoms with Gasteiger partial charge in [0, 0.05) is 29.9 Å². The molecular formula is C16H15N3O. The van der Waals surface area contributed by atoms with Gasteiger partial charge in [-0.05, 0) is 30.3 Å². The zero-order chi connectivity index (χ0) is 13.8. The molecule has 0 bridgehead atoms. The summed E-state index contributed by atoms with van der Waals surface area (Å²) in [6.07, 6.45) is 3.52. The minimum Gasteiger partial charge on any atom is -0.488 e. The molecule has 0 saturated carbocycles. The summed E-state index contributed by atoms with van der Waals surface area (Å²) in [5.74, 6) is 0.822.